The van der Waals surface area contributed by atoms with Gasteiger partial charge in [-0.1, -0.05) is 78.4 Å². The molecule has 0 atom stereocenters. The number of aromatic nitrogens is 2. The number of carbonyl (C=O) groups is 1. The molecular weight excluding hydrogens is 538 g/mol. The molecule has 0 saturated heterocycles. The normalized spacial score (nSPS) is 10.9. The fourth-order valence-corrected chi connectivity index (χ4v) is 4.85. The molecule has 0 unspecified atom stereocenters. The summed E-state index contributed by atoms with van der Waals surface area (Å²) in [5, 5.41) is 13.9. The molecule has 8 heteroatoms. The van der Waals surface area contributed by atoms with Gasteiger partial charge in [-0.25, -0.2) is 10.4 Å². The third-order valence-electron chi connectivity index (χ3n) is 6.78. The number of ether oxygens (including phenoxy) is 2. The van der Waals surface area contributed by atoms with Crippen LogP contribution >= 0.6 is 0 Å². The molecular formula is C35H31N5O3. The minimum Gasteiger partial charge on any atom is -0.467 e. The van der Waals surface area contributed by atoms with Crippen molar-refractivity contribution < 1.29 is 14.3 Å². The fourth-order valence-electron chi connectivity index (χ4n) is 4.85. The number of nitriles is 1. The Kier molecular flexibility index (Phi) is 9.05. The van der Waals surface area contributed by atoms with E-state index in [0.717, 1.165) is 33.8 Å². The second kappa shape index (κ2) is 13.4. The van der Waals surface area contributed by atoms with Crippen molar-refractivity contribution in [3.63, 3.8) is 0 Å². The number of amides is 1. The van der Waals surface area contributed by atoms with Gasteiger partial charge in [0.05, 0.1) is 24.2 Å². The number of aryl methyl sites for hydroxylation is 2. The first-order valence-corrected chi connectivity index (χ1v) is 13.8. The third kappa shape index (κ3) is 6.70. The van der Waals surface area contributed by atoms with Gasteiger partial charge < -0.3 is 14.0 Å². The van der Waals surface area contributed by atoms with Crippen LogP contribution in [0.3, 0.4) is 0 Å². The van der Waals surface area contributed by atoms with E-state index >= 15 is 0 Å². The lowest BCUT2D eigenvalue weighted by molar-refractivity contribution is -0.123. The van der Waals surface area contributed by atoms with E-state index in [9.17, 15) is 10.1 Å². The molecule has 43 heavy (non-hydrogen) atoms. The minimum atomic E-state index is -0.487. The summed E-state index contributed by atoms with van der Waals surface area (Å²) in [6.45, 7) is 3.72. The van der Waals surface area contributed by atoms with E-state index in [4.69, 9.17) is 9.47 Å². The van der Waals surface area contributed by atoms with Crippen LogP contribution in [0.15, 0.2) is 102 Å². The average molecular weight is 570 g/mol. The van der Waals surface area contributed by atoms with E-state index in [1.54, 1.807) is 26.3 Å². The van der Waals surface area contributed by atoms with Gasteiger partial charge in [-0.3, -0.25) is 4.79 Å². The molecule has 1 amide bonds. The number of rotatable bonds is 10. The molecule has 5 rings (SSSR count). The second-order valence-corrected chi connectivity index (χ2v) is 9.97. The van der Waals surface area contributed by atoms with Crippen LogP contribution in [-0.4, -0.2) is 35.4 Å². The molecule has 2 aromatic heterocycles. The highest BCUT2D eigenvalue weighted by atomic mass is 16.5. The van der Waals surface area contributed by atoms with Crippen LogP contribution in [0, 0.1) is 25.2 Å². The molecule has 0 fully saturated rings. The van der Waals surface area contributed by atoms with E-state index in [2.05, 4.69) is 87.7 Å². The second-order valence-electron chi connectivity index (χ2n) is 9.97. The van der Waals surface area contributed by atoms with Crippen molar-refractivity contribution in [2.45, 2.75) is 20.5 Å². The van der Waals surface area contributed by atoms with Crippen LogP contribution in [0.2, 0.25) is 0 Å². The van der Waals surface area contributed by atoms with Crippen molar-refractivity contribution in [1.82, 2.24) is 15.0 Å². The molecule has 0 bridgehead atoms. The maximum absolute atomic E-state index is 12.7. The number of hydrogen-bond acceptors (Lipinski definition) is 6. The Morgan fingerprint density at radius 1 is 0.977 bits per heavy atom. The summed E-state index contributed by atoms with van der Waals surface area (Å²) in [5.74, 6) is -0.401. The molecule has 3 aromatic carbocycles. The van der Waals surface area contributed by atoms with Gasteiger partial charge in [0.15, 0.2) is 6.61 Å². The van der Waals surface area contributed by atoms with Gasteiger partial charge in [0.25, 0.3) is 5.91 Å². The number of hydrogen-bond donors (Lipinski definition) is 1. The lowest BCUT2D eigenvalue weighted by Gasteiger charge is -2.15. The smallest absolute Gasteiger partial charge is 0.278 e. The number of methoxy groups -OCH3 is 1. The van der Waals surface area contributed by atoms with Crippen LogP contribution in [-0.2, 0) is 16.1 Å². The fraction of sp³-hybridized carbons (Fsp3) is 0.143. The molecule has 0 aliphatic rings. The van der Waals surface area contributed by atoms with Crippen LogP contribution in [0.1, 0.15) is 27.9 Å². The maximum Gasteiger partial charge on any atom is 0.278 e. The average Bonchev–Trinajstić information content (AvgIpc) is 3.40. The molecule has 1 N–H and O–H groups in total. The van der Waals surface area contributed by atoms with E-state index in [0.29, 0.717) is 11.3 Å². The lowest BCUT2D eigenvalue weighted by atomic mass is 10.1. The first kappa shape index (κ1) is 29.0. The van der Waals surface area contributed by atoms with Crippen LogP contribution < -0.4 is 10.2 Å². The van der Waals surface area contributed by atoms with Crippen molar-refractivity contribution >= 4 is 12.1 Å². The summed E-state index contributed by atoms with van der Waals surface area (Å²) in [7, 11) is 1.55. The molecule has 2 heterocycles. The molecule has 0 saturated carbocycles. The van der Waals surface area contributed by atoms with Crippen molar-refractivity contribution in [3.8, 4) is 40.2 Å². The predicted octanol–water partition coefficient (Wildman–Crippen LogP) is 6.37. The number of benzene rings is 3. The number of carbonyl (C=O) groups excluding carboxylic acids is 1. The van der Waals surface area contributed by atoms with Crippen LogP contribution in [0.4, 0.5) is 0 Å². The first-order valence-electron chi connectivity index (χ1n) is 13.8. The van der Waals surface area contributed by atoms with Gasteiger partial charge in [-0.2, -0.15) is 10.4 Å². The van der Waals surface area contributed by atoms with E-state index < -0.39 is 5.91 Å². The molecule has 8 nitrogen and oxygen atoms in total. The Balaban J connectivity index is 1.46. The molecule has 0 radical (unpaired) electrons. The Hall–Kier alpha value is -5.52. The molecule has 0 aliphatic carbocycles. The molecule has 214 valence electrons. The molecule has 5 aromatic rings. The largest absolute Gasteiger partial charge is 0.467 e. The van der Waals surface area contributed by atoms with Crippen molar-refractivity contribution in [2.75, 3.05) is 13.7 Å². The van der Waals surface area contributed by atoms with Gasteiger partial charge in [0, 0.05) is 29.6 Å². The Morgan fingerprint density at radius 3 is 2.30 bits per heavy atom. The number of hydrazone groups is 1. The summed E-state index contributed by atoms with van der Waals surface area (Å²) in [6.07, 6.45) is 1.64. The van der Waals surface area contributed by atoms with E-state index in [1.165, 1.54) is 5.56 Å². The summed E-state index contributed by atoms with van der Waals surface area (Å²) in [5.41, 5.74) is 11.1. The monoisotopic (exact) mass is 569 g/mol. The van der Waals surface area contributed by atoms with Gasteiger partial charge in [0.2, 0.25) is 5.88 Å². The van der Waals surface area contributed by atoms with Crippen LogP contribution in [0.5, 0.6) is 5.88 Å². The third-order valence-corrected chi connectivity index (χ3v) is 6.78. The topological polar surface area (TPSA) is 102 Å². The van der Waals surface area contributed by atoms with E-state index in [-0.39, 0.29) is 24.7 Å². The standard InChI is InChI=1S/C35H31N5O3/c1-24-14-16-30(17-15-24)40-32(26-10-6-4-7-11-26)19-28(34(40)27-12-8-5-9-13-27)21-37-39-33(41)23-43-35-31(20-36)29(22-42-3)18-25(2)38-35/h4-19,21H,22-23H2,1-3H3,(H,39,41). The Morgan fingerprint density at radius 2 is 1.65 bits per heavy atom. The van der Waals surface area contributed by atoms with Crippen molar-refractivity contribution in [2.24, 2.45) is 5.10 Å². The highest BCUT2D eigenvalue weighted by Crippen LogP contribution is 2.35. The predicted molar refractivity (Wildman–Crippen MR) is 167 cm³/mol. The van der Waals surface area contributed by atoms with Gasteiger partial charge in [-0.05, 0) is 49.2 Å². The summed E-state index contributed by atoms with van der Waals surface area (Å²) in [6, 6.07) is 34.5. The molecule has 0 spiro atoms. The first-order chi connectivity index (χ1) is 21.0. The molecule has 0 aliphatic heterocycles. The number of nitrogens with one attached hydrogen (secondary N) is 1. The highest BCUT2D eigenvalue weighted by molar-refractivity contribution is 5.94. The van der Waals surface area contributed by atoms with Gasteiger partial charge in [0.1, 0.15) is 11.6 Å². The summed E-state index contributed by atoms with van der Waals surface area (Å²) in [4.78, 5) is 17.0. The van der Waals surface area contributed by atoms with Crippen LogP contribution in [0.25, 0.3) is 28.2 Å². The zero-order valence-electron chi connectivity index (χ0n) is 24.2. The van der Waals surface area contributed by atoms with Crippen molar-refractivity contribution in [1.29, 1.82) is 5.26 Å². The zero-order valence-corrected chi connectivity index (χ0v) is 24.2. The van der Waals surface area contributed by atoms with Crippen molar-refractivity contribution in [3.05, 3.63) is 125 Å². The SMILES string of the molecule is COCc1cc(C)nc(OCC(=O)NN=Cc2cc(-c3ccccc3)n(-c3ccc(C)cc3)c2-c2ccccc2)c1C#N. The van der Waals surface area contributed by atoms with Gasteiger partial charge in [-0.15, -0.1) is 0 Å². The number of pyridine rings is 1. The van der Waals surface area contributed by atoms with E-state index in [1.807, 2.05) is 36.4 Å². The number of nitrogens with zero attached hydrogens (tertiary/aromatic N) is 4. The zero-order chi connectivity index (χ0) is 30.2. The maximum atomic E-state index is 12.7. The highest BCUT2D eigenvalue weighted by Gasteiger charge is 2.19. The summed E-state index contributed by atoms with van der Waals surface area (Å²) < 4.78 is 13.0. The minimum absolute atomic E-state index is 0.0859. The summed E-state index contributed by atoms with van der Waals surface area (Å²) >= 11 is 0. The quantitative estimate of drug-likeness (QED) is 0.156. The van der Waals surface area contributed by atoms with Gasteiger partial charge >= 0.3 is 0 Å². The Bertz CT molecular complexity index is 1790. The lowest BCUT2D eigenvalue weighted by Crippen LogP contribution is -2.25. The Labute approximate surface area is 250 Å².